The zero-order valence-electron chi connectivity index (χ0n) is 39.7. The SMILES string of the molecule is N#Cc1ccc(-n2c3ccccc3c3ccccc32)c(-c2nc(-c3ccccc3)nc(-c3cc(-n4c5ccccc5c5ccccc54)ccc3-c3cccc(C(F)(F)F)c3-n3c4ccccc4c4ccccc43)n2)c1. The van der Waals surface area contributed by atoms with Crippen LogP contribution in [0.3, 0.4) is 0 Å². The van der Waals surface area contributed by atoms with Crippen molar-refractivity contribution in [3.8, 4) is 68.4 Å². The molecular formula is C65H38F3N7. The fraction of sp³-hybridized carbons (Fsp3) is 0.0154. The fourth-order valence-electron chi connectivity index (χ4n) is 11.2. The molecule has 0 spiro atoms. The molecule has 4 heterocycles. The topological polar surface area (TPSA) is 77.2 Å². The molecule has 4 aromatic heterocycles. The molecule has 0 unspecified atom stereocenters. The summed E-state index contributed by atoms with van der Waals surface area (Å²) < 4.78 is 53.9. The van der Waals surface area contributed by atoms with Crippen LogP contribution in [0.1, 0.15) is 11.1 Å². The minimum absolute atomic E-state index is 0.0267. The summed E-state index contributed by atoms with van der Waals surface area (Å²) in [5.74, 6) is 0.830. The molecule has 0 amide bonds. The first-order valence-corrected chi connectivity index (χ1v) is 24.5. The lowest BCUT2D eigenvalue weighted by molar-refractivity contribution is -0.137. The second-order valence-corrected chi connectivity index (χ2v) is 18.6. The van der Waals surface area contributed by atoms with Gasteiger partial charge in [0.25, 0.3) is 0 Å². The molecule has 0 fully saturated rings. The maximum Gasteiger partial charge on any atom is 0.418 e. The van der Waals surface area contributed by atoms with E-state index in [1.807, 2.05) is 152 Å². The van der Waals surface area contributed by atoms with Gasteiger partial charge in [0.05, 0.1) is 61.7 Å². The van der Waals surface area contributed by atoms with E-state index in [4.69, 9.17) is 15.0 Å². The van der Waals surface area contributed by atoms with Gasteiger partial charge in [-0.05, 0) is 78.4 Å². The Morgan fingerprint density at radius 1 is 0.360 bits per heavy atom. The number of fused-ring (bicyclic) bond motifs is 9. The van der Waals surface area contributed by atoms with Crippen molar-refractivity contribution >= 4 is 65.4 Å². The second-order valence-electron chi connectivity index (χ2n) is 18.6. The summed E-state index contributed by atoms with van der Waals surface area (Å²) in [6.45, 7) is 0. The van der Waals surface area contributed by atoms with Crippen LogP contribution in [0.4, 0.5) is 13.2 Å². The van der Waals surface area contributed by atoms with Gasteiger partial charge in [-0.25, -0.2) is 15.0 Å². The van der Waals surface area contributed by atoms with Crippen LogP contribution in [0.25, 0.3) is 128 Å². The summed E-state index contributed by atoms with van der Waals surface area (Å²) in [5.41, 5.74) is 8.62. The summed E-state index contributed by atoms with van der Waals surface area (Å²) in [7, 11) is 0. The normalized spacial score (nSPS) is 11.9. The zero-order chi connectivity index (χ0) is 50.4. The molecule has 0 aliphatic heterocycles. The molecule has 75 heavy (non-hydrogen) atoms. The van der Waals surface area contributed by atoms with E-state index >= 15 is 13.2 Å². The van der Waals surface area contributed by atoms with Crippen LogP contribution >= 0.6 is 0 Å². The molecule has 0 saturated carbocycles. The molecule has 10 heteroatoms. The van der Waals surface area contributed by atoms with E-state index in [0.29, 0.717) is 50.2 Å². The Labute approximate surface area is 426 Å². The summed E-state index contributed by atoms with van der Waals surface area (Å²) in [4.78, 5) is 15.9. The van der Waals surface area contributed by atoms with Crippen molar-refractivity contribution in [2.24, 2.45) is 0 Å². The molecule has 0 saturated heterocycles. The lowest BCUT2D eigenvalue weighted by atomic mass is 9.94. The quantitative estimate of drug-likeness (QED) is 0.159. The number of para-hydroxylation sites is 7. The van der Waals surface area contributed by atoms with Crippen LogP contribution in [0.2, 0.25) is 0 Å². The molecule has 354 valence electrons. The predicted octanol–water partition coefficient (Wildman–Crippen LogP) is 16.7. The average Bonchev–Trinajstić information content (AvgIpc) is 4.11. The number of rotatable bonds is 7. The van der Waals surface area contributed by atoms with Gasteiger partial charge in [0.15, 0.2) is 17.5 Å². The lowest BCUT2D eigenvalue weighted by Crippen LogP contribution is -2.12. The molecule has 14 aromatic rings. The van der Waals surface area contributed by atoms with Gasteiger partial charge in [0.2, 0.25) is 0 Å². The third-order valence-corrected chi connectivity index (χ3v) is 14.4. The van der Waals surface area contributed by atoms with Crippen molar-refractivity contribution in [2.45, 2.75) is 6.18 Å². The van der Waals surface area contributed by atoms with Gasteiger partial charge in [-0.15, -0.1) is 0 Å². The molecule has 0 bridgehead atoms. The van der Waals surface area contributed by atoms with Gasteiger partial charge in [-0.2, -0.15) is 18.4 Å². The van der Waals surface area contributed by atoms with Gasteiger partial charge in [0, 0.05) is 60.3 Å². The van der Waals surface area contributed by atoms with Gasteiger partial charge in [-0.1, -0.05) is 158 Å². The zero-order valence-corrected chi connectivity index (χ0v) is 39.7. The van der Waals surface area contributed by atoms with Crippen molar-refractivity contribution in [1.29, 1.82) is 5.26 Å². The molecule has 0 N–H and O–H groups in total. The molecule has 0 aliphatic carbocycles. The highest BCUT2D eigenvalue weighted by Crippen LogP contribution is 2.47. The standard InChI is InChI=1S/C65H38F3N7/c66-65(67,68)53-26-16-25-50(61(53)75-58-31-14-8-23-48(58)49-24-9-15-32-59(49)75)43-35-34-42(73-54-27-10-4-19-44(54)45-20-5-11-28-55(45)73)38-51(43)63-70-62(41-17-2-1-3-18-41)71-64(72-63)52-37-40(39-69)33-36-60(52)74-56-29-12-6-21-46(56)47-22-7-13-30-57(47)74/h1-38H. The molecule has 14 rings (SSSR count). The number of nitriles is 1. The van der Waals surface area contributed by atoms with E-state index in [1.165, 1.54) is 6.07 Å². The van der Waals surface area contributed by atoms with Gasteiger partial charge in [0.1, 0.15) is 0 Å². The van der Waals surface area contributed by atoms with Crippen LogP contribution in [0, 0.1) is 11.3 Å². The van der Waals surface area contributed by atoms with Crippen LogP contribution in [0.5, 0.6) is 0 Å². The van der Waals surface area contributed by atoms with Crippen LogP contribution in [0.15, 0.2) is 231 Å². The summed E-state index contributed by atoms with van der Waals surface area (Å²) in [6, 6.07) is 75.6. The van der Waals surface area contributed by atoms with Crippen LogP contribution in [-0.4, -0.2) is 28.7 Å². The summed E-state index contributed by atoms with van der Waals surface area (Å²) in [6.07, 6.45) is -4.75. The summed E-state index contributed by atoms with van der Waals surface area (Å²) in [5, 5.41) is 16.3. The highest BCUT2D eigenvalue weighted by molar-refractivity contribution is 6.12. The van der Waals surface area contributed by atoms with E-state index in [1.54, 1.807) is 22.8 Å². The Morgan fingerprint density at radius 2 is 0.813 bits per heavy atom. The number of benzene rings is 10. The average molecular weight is 974 g/mol. The highest BCUT2D eigenvalue weighted by atomic mass is 19.4. The molecule has 0 aliphatic rings. The first-order valence-electron chi connectivity index (χ1n) is 24.5. The van der Waals surface area contributed by atoms with Crippen molar-refractivity contribution in [3.05, 3.63) is 242 Å². The minimum atomic E-state index is -4.75. The number of aromatic nitrogens is 6. The Kier molecular flexibility index (Phi) is 9.90. The maximum atomic E-state index is 15.9. The third kappa shape index (κ3) is 6.93. The van der Waals surface area contributed by atoms with Gasteiger partial charge >= 0.3 is 6.18 Å². The molecule has 7 nitrogen and oxygen atoms in total. The minimum Gasteiger partial charge on any atom is -0.309 e. The van der Waals surface area contributed by atoms with E-state index in [9.17, 15) is 5.26 Å². The number of halogens is 3. The monoisotopic (exact) mass is 973 g/mol. The first-order chi connectivity index (χ1) is 36.8. The van der Waals surface area contributed by atoms with Crippen molar-refractivity contribution in [1.82, 2.24) is 28.7 Å². The smallest absolute Gasteiger partial charge is 0.309 e. The number of nitrogens with zero attached hydrogens (tertiary/aromatic N) is 7. The van der Waals surface area contributed by atoms with Crippen LogP contribution in [-0.2, 0) is 6.18 Å². The van der Waals surface area contributed by atoms with Gasteiger partial charge in [-0.3, -0.25) is 0 Å². The lowest BCUT2D eigenvalue weighted by Gasteiger charge is -2.22. The molecule has 10 aromatic carbocycles. The maximum absolute atomic E-state index is 15.9. The van der Waals surface area contributed by atoms with E-state index < -0.39 is 11.7 Å². The molecule has 0 radical (unpaired) electrons. The Bertz CT molecular complexity index is 4510. The van der Waals surface area contributed by atoms with E-state index in [0.717, 1.165) is 71.8 Å². The number of hydrogen-bond donors (Lipinski definition) is 0. The van der Waals surface area contributed by atoms with Crippen molar-refractivity contribution in [2.75, 3.05) is 0 Å². The van der Waals surface area contributed by atoms with Crippen molar-refractivity contribution < 1.29 is 13.2 Å². The summed E-state index contributed by atoms with van der Waals surface area (Å²) >= 11 is 0. The Balaban J connectivity index is 1.11. The second kappa shape index (κ2) is 17.0. The third-order valence-electron chi connectivity index (χ3n) is 14.4. The Hall–Kier alpha value is -10.1. The van der Waals surface area contributed by atoms with Crippen molar-refractivity contribution in [3.63, 3.8) is 0 Å². The number of hydrogen-bond acceptors (Lipinski definition) is 4. The molecule has 0 atom stereocenters. The van der Waals surface area contributed by atoms with Crippen LogP contribution < -0.4 is 0 Å². The predicted molar refractivity (Wildman–Crippen MR) is 294 cm³/mol. The largest absolute Gasteiger partial charge is 0.418 e. The Morgan fingerprint density at radius 3 is 1.32 bits per heavy atom. The van der Waals surface area contributed by atoms with E-state index in [-0.39, 0.29) is 17.3 Å². The first kappa shape index (κ1) is 43.7. The fourth-order valence-corrected chi connectivity index (χ4v) is 11.2. The van der Waals surface area contributed by atoms with Gasteiger partial charge < -0.3 is 13.7 Å². The molecular weight excluding hydrogens is 936 g/mol. The highest BCUT2D eigenvalue weighted by Gasteiger charge is 2.37. The number of alkyl halides is 3. The van der Waals surface area contributed by atoms with E-state index in [2.05, 4.69) is 63.7 Å².